The lowest BCUT2D eigenvalue weighted by atomic mass is 9.99. The van der Waals surface area contributed by atoms with Gasteiger partial charge < -0.3 is 15.2 Å². The first-order valence-corrected chi connectivity index (χ1v) is 12.1. The van der Waals surface area contributed by atoms with Gasteiger partial charge in [-0.25, -0.2) is 13.2 Å². The number of benzene rings is 3. The van der Waals surface area contributed by atoms with Crippen LogP contribution in [0.25, 0.3) is 0 Å². The smallest absolute Gasteiger partial charge is 0.328 e. The third-order valence-electron chi connectivity index (χ3n) is 5.22. The fraction of sp³-hybridized carbons (Fsp3) is 0.154. The summed E-state index contributed by atoms with van der Waals surface area (Å²) >= 11 is 0. The number of sulfone groups is 1. The zero-order valence-electron chi connectivity index (χ0n) is 18.8. The number of carbonyl (C=O) groups is 2. The number of hydrogen-bond acceptors (Lipinski definition) is 5. The summed E-state index contributed by atoms with van der Waals surface area (Å²) in [5, 5.41) is 11.1. The zero-order chi connectivity index (χ0) is 24.7. The van der Waals surface area contributed by atoms with Crippen LogP contribution in [0, 0.1) is 0 Å². The van der Waals surface area contributed by atoms with E-state index in [9.17, 15) is 18.0 Å². The second-order valence-corrected chi connectivity index (χ2v) is 9.59. The fourth-order valence-corrected chi connectivity index (χ4v) is 4.40. The summed E-state index contributed by atoms with van der Waals surface area (Å²) in [7, 11) is -3.66. The third kappa shape index (κ3) is 6.32. The minimum absolute atomic E-state index is 0.155. The Morgan fingerprint density at radius 2 is 1.56 bits per heavy atom. The van der Waals surface area contributed by atoms with E-state index < -0.39 is 21.7 Å². The predicted octanol–water partition coefficient (Wildman–Crippen LogP) is 5.40. The first-order valence-electron chi connectivity index (χ1n) is 10.6. The van der Waals surface area contributed by atoms with Crippen LogP contribution in [-0.4, -0.2) is 25.4 Å². The number of rotatable bonds is 9. The maximum atomic E-state index is 13.0. The van der Waals surface area contributed by atoms with E-state index in [2.05, 4.69) is 19.2 Å². The molecule has 0 spiro atoms. The van der Waals surface area contributed by atoms with Gasteiger partial charge in [0, 0.05) is 23.9 Å². The van der Waals surface area contributed by atoms with Crippen LogP contribution in [0.5, 0.6) is 11.5 Å². The molecule has 0 bridgehead atoms. The maximum absolute atomic E-state index is 13.0. The predicted molar refractivity (Wildman–Crippen MR) is 129 cm³/mol. The Balaban J connectivity index is 1.71. The van der Waals surface area contributed by atoms with Crippen LogP contribution in [0.15, 0.2) is 94.7 Å². The van der Waals surface area contributed by atoms with E-state index in [4.69, 9.17) is 9.84 Å². The molecule has 1 unspecified atom stereocenters. The van der Waals surface area contributed by atoms with Gasteiger partial charge in [0.1, 0.15) is 11.5 Å². The van der Waals surface area contributed by atoms with Crippen LogP contribution in [-0.2, 0) is 19.4 Å². The van der Waals surface area contributed by atoms with Crippen molar-refractivity contribution in [3.05, 3.63) is 90.5 Å². The minimum atomic E-state index is -3.66. The highest BCUT2D eigenvalue weighted by atomic mass is 32.2. The number of nitrogens with one attached hydrogen (secondary N) is 1. The fourth-order valence-electron chi connectivity index (χ4n) is 3.14. The normalized spacial score (nSPS) is 12.3. The van der Waals surface area contributed by atoms with Crippen molar-refractivity contribution in [1.82, 2.24) is 0 Å². The van der Waals surface area contributed by atoms with E-state index in [0.717, 1.165) is 24.1 Å². The van der Waals surface area contributed by atoms with Crippen molar-refractivity contribution in [2.75, 3.05) is 5.32 Å². The van der Waals surface area contributed by atoms with Crippen molar-refractivity contribution in [3.63, 3.8) is 0 Å². The molecule has 0 heterocycles. The van der Waals surface area contributed by atoms with Crippen LogP contribution >= 0.6 is 0 Å². The number of hydrogen-bond donors (Lipinski definition) is 2. The summed E-state index contributed by atoms with van der Waals surface area (Å²) in [4.78, 5) is 22.6. The van der Waals surface area contributed by atoms with Crippen molar-refractivity contribution in [1.29, 1.82) is 0 Å². The van der Waals surface area contributed by atoms with Gasteiger partial charge in [-0.15, -0.1) is 0 Å². The summed E-state index contributed by atoms with van der Waals surface area (Å²) in [5.41, 5.74) is 1.51. The second-order valence-electron chi connectivity index (χ2n) is 7.64. The van der Waals surface area contributed by atoms with Gasteiger partial charge in [-0.05, 0) is 66.4 Å². The van der Waals surface area contributed by atoms with Crippen LogP contribution < -0.4 is 10.1 Å². The molecule has 1 atom stereocenters. The molecule has 8 heteroatoms. The molecule has 176 valence electrons. The maximum Gasteiger partial charge on any atom is 0.328 e. The lowest BCUT2D eigenvalue weighted by Gasteiger charge is -2.11. The van der Waals surface area contributed by atoms with E-state index in [1.165, 1.54) is 12.1 Å². The molecule has 0 radical (unpaired) electrons. The largest absolute Gasteiger partial charge is 0.478 e. The summed E-state index contributed by atoms with van der Waals surface area (Å²) < 4.78 is 31.7. The SMILES string of the molecule is CCC(C)c1ccc(S(=O)(=O)c2ccc(Oc3cccc(NC(=O)C=CC(=O)O)c3)cc2)cc1. The van der Waals surface area contributed by atoms with Crippen molar-refractivity contribution >= 4 is 27.4 Å². The van der Waals surface area contributed by atoms with Gasteiger partial charge >= 0.3 is 5.97 Å². The van der Waals surface area contributed by atoms with Crippen LogP contribution in [0.1, 0.15) is 31.7 Å². The lowest BCUT2D eigenvalue weighted by molar-refractivity contribution is -0.131. The highest BCUT2D eigenvalue weighted by molar-refractivity contribution is 7.91. The molecule has 3 rings (SSSR count). The Bertz CT molecular complexity index is 1300. The molecule has 0 saturated heterocycles. The topological polar surface area (TPSA) is 110 Å². The minimum Gasteiger partial charge on any atom is -0.478 e. The van der Waals surface area contributed by atoms with Crippen LogP contribution in [0.3, 0.4) is 0 Å². The van der Waals surface area contributed by atoms with Gasteiger partial charge in [-0.3, -0.25) is 4.79 Å². The monoisotopic (exact) mass is 479 g/mol. The number of carboxylic acids is 1. The highest BCUT2D eigenvalue weighted by Gasteiger charge is 2.18. The number of aliphatic carboxylic acids is 1. The van der Waals surface area contributed by atoms with Gasteiger partial charge in [-0.1, -0.05) is 32.0 Å². The van der Waals surface area contributed by atoms with E-state index in [1.54, 1.807) is 48.5 Å². The standard InChI is InChI=1S/C26H25NO6S/c1-3-18(2)19-7-11-23(12-8-19)34(31,32)24-13-9-21(10-14-24)33-22-6-4-5-20(17-22)27-25(28)15-16-26(29)30/h4-18H,3H2,1-2H3,(H,27,28)(H,29,30). The van der Waals surface area contributed by atoms with E-state index in [-0.39, 0.29) is 9.79 Å². The average molecular weight is 480 g/mol. The molecular weight excluding hydrogens is 454 g/mol. The van der Waals surface area contributed by atoms with Gasteiger partial charge in [0.2, 0.25) is 15.7 Å². The zero-order valence-corrected chi connectivity index (χ0v) is 19.6. The Kier molecular flexibility index (Phi) is 7.86. The van der Waals surface area contributed by atoms with Crippen molar-refractivity contribution in [2.24, 2.45) is 0 Å². The van der Waals surface area contributed by atoms with Gasteiger partial charge in [0.15, 0.2) is 0 Å². The van der Waals surface area contributed by atoms with Gasteiger partial charge in [0.25, 0.3) is 0 Å². The van der Waals surface area contributed by atoms with E-state index in [1.807, 2.05) is 12.1 Å². The molecule has 0 aromatic heterocycles. The number of amides is 1. The summed E-state index contributed by atoms with van der Waals surface area (Å²) in [6.45, 7) is 4.19. The number of ether oxygens (including phenoxy) is 1. The molecule has 2 N–H and O–H groups in total. The molecule has 0 aliphatic heterocycles. The Morgan fingerprint density at radius 3 is 2.15 bits per heavy atom. The molecule has 0 aliphatic rings. The average Bonchev–Trinajstić information content (AvgIpc) is 2.83. The lowest BCUT2D eigenvalue weighted by Crippen LogP contribution is -2.08. The second kappa shape index (κ2) is 10.8. The van der Waals surface area contributed by atoms with E-state index >= 15 is 0 Å². The molecule has 3 aromatic rings. The number of carboxylic acid groups (broad SMARTS) is 1. The van der Waals surface area contributed by atoms with Crippen molar-refractivity contribution in [3.8, 4) is 11.5 Å². The quantitative estimate of drug-likeness (QED) is 0.398. The van der Waals surface area contributed by atoms with E-state index in [0.29, 0.717) is 23.1 Å². The number of carbonyl (C=O) groups excluding carboxylic acids is 1. The molecule has 0 fully saturated rings. The Hall–Kier alpha value is -3.91. The Morgan fingerprint density at radius 1 is 0.941 bits per heavy atom. The molecule has 0 aliphatic carbocycles. The molecule has 1 amide bonds. The first-order chi connectivity index (χ1) is 16.2. The van der Waals surface area contributed by atoms with Crippen molar-refractivity contribution in [2.45, 2.75) is 36.0 Å². The van der Waals surface area contributed by atoms with Gasteiger partial charge in [0.05, 0.1) is 9.79 Å². The van der Waals surface area contributed by atoms with Crippen molar-refractivity contribution < 1.29 is 27.9 Å². The number of anilines is 1. The molecule has 7 nitrogen and oxygen atoms in total. The van der Waals surface area contributed by atoms with Crippen LogP contribution in [0.2, 0.25) is 0 Å². The summed E-state index contributed by atoms with van der Waals surface area (Å²) in [5.74, 6) is -0.620. The molecule has 34 heavy (non-hydrogen) atoms. The molecule has 3 aromatic carbocycles. The van der Waals surface area contributed by atoms with Gasteiger partial charge in [-0.2, -0.15) is 0 Å². The Labute approximate surface area is 198 Å². The summed E-state index contributed by atoms with van der Waals surface area (Å²) in [6, 6.07) is 19.6. The third-order valence-corrected chi connectivity index (χ3v) is 7.01. The molecule has 0 saturated carbocycles. The summed E-state index contributed by atoms with van der Waals surface area (Å²) in [6.07, 6.45) is 2.63. The molecular formula is C26H25NO6S. The first kappa shape index (κ1) is 24.7. The van der Waals surface area contributed by atoms with Crippen LogP contribution in [0.4, 0.5) is 5.69 Å². The highest BCUT2D eigenvalue weighted by Crippen LogP contribution is 2.28.